The van der Waals surface area contributed by atoms with Gasteiger partial charge in [0.1, 0.15) is 0 Å². The van der Waals surface area contributed by atoms with Gasteiger partial charge in [-0.05, 0) is 69.8 Å². The number of halogens is 6. The summed E-state index contributed by atoms with van der Waals surface area (Å²) in [6.07, 6.45) is -8.95. The fraction of sp³-hybridized carbons (Fsp3) is 0.650. The highest BCUT2D eigenvalue weighted by Crippen LogP contribution is 2.43. The molecule has 1 heterocycles. The van der Waals surface area contributed by atoms with Crippen molar-refractivity contribution in [2.24, 2.45) is 11.3 Å². The number of aliphatic carboxylic acids is 1. The summed E-state index contributed by atoms with van der Waals surface area (Å²) in [6.45, 7) is 3.74. The largest absolute Gasteiger partial charge is 0.481 e. The van der Waals surface area contributed by atoms with E-state index in [1.165, 1.54) is 12.1 Å². The zero-order valence-electron chi connectivity index (χ0n) is 16.3. The first-order valence-corrected chi connectivity index (χ1v) is 9.43. The summed E-state index contributed by atoms with van der Waals surface area (Å²) in [5.74, 6) is -1.22. The number of carbonyl (C=O) groups is 1. The summed E-state index contributed by atoms with van der Waals surface area (Å²) in [5, 5.41) is 9.51. The third kappa shape index (κ3) is 6.10. The molecule has 2 unspecified atom stereocenters. The van der Waals surface area contributed by atoms with Crippen molar-refractivity contribution < 1.29 is 36.2 Å². The molecule has 0 aliphatic carbocycles. The van der Waals surface area contributed by atoms with Crippen LogP contribution in [0.4, 0.5) is 26.3 Å². The van der Waals surface area contributed by atoms with Crippen LogP contribution >= 0.6 is 0 Å². The van der Waals surface area contributed by atoms with Crippen LogP contribution in [0.5, 0.6) is 0 Å². The lowest BCUT2D eigenvalue weighted by Crippen LogP contribution is -2.44. The monoisotopic (exact) mass is 425 g/mol. The first-order valence-electron chi connectivity index (χ1n) is 9.43. The Kier molecular flexibility index (Phi) is 6.92. The van der Waals surface area contributed by atoms with E-state index < -0.39 is 41.8 Å². The molecule has 29 heavy (non-hydrogen) atoms. The molecule has 1 aromatic carbocycles. The Balaban J connectivity index is 2.24. The summed E-state index contributed by atoms with van der Waals surface area (Å²) in [4.78, 5) is 13.4. The molecule has 1 saturated heterocycles. The van der Waals surface area contributed by atoms with Gasteiger partial charge >= 0.3 is 18.3 Å². The third-order valence-corrected chi connectivity index (χ3v) is 5.81. The van der Waals surface area contributed by atoms with E-state index in [-0.39, 0.29) is 18.9 Å². The van der Waals surface area contributed by atoms with Crippen LogP contribution in [0.2, 0.25) is 0 Å². The molecule has 1 aliphatic rings. The second-order valence-corrected chi connectivity index (χ2v) is 8.14. The highest BCUT2D eigenvalue weighted by Gasteiger charge is 2.42. The Hall–Kier alpha value is -1.77. The van der Waals surface area contributed by atoms with Crippen LogP contribution in [0.3, 0.4) is 0 Å². The fourth-order valence-electron chi connectivity index (χ4n) is 3.84. The second kappa shape index (κ2) is 8.53. The topological polar surface area (TPSA) is 40.5 Å². The number of rotatable bonds is 6. The fourth-order valence-corrected chi connectivity index (χ4v) is 3.84. The molecule has 0 bridgehead atoms. The van der Waals surface area contributed by atoms with Gasteiger partial charge in [-0.3, -0.25) is 9.69 Å². The van der Waals surface area contributed by atoms with Gasteiger partial charge in [0.2, 0.25) is 0 Å². The van der Waals surface area contributed by atoms with Crippen LogP contribution in [-0.2, 0) is 11.0 Å². The molecule has 9 heteroatoms. The minimum Gasteiger partial charge on any atom is -0.481 e. The zero-order valence-corrected chi connectivity index (χ0v) is 16.3. The minimum absolute atomic E-state index is 0.117. The number of carboxylic acid groups (broad SMARTS) is 1. The van der Waals surface area contributed by atoms with Crippen molar-refractivity contribution in [3.8, 4) is 0 Å². The molecule has 0 spiro atoms. The molecule has 1 aromatic rings. The minimum atomic E-state index is -4.48. The van der Waals surface area contributed by atoms with Gasteiger partial charge < -0.3 is 5.11 Å². The molecule has 2 atom stereocenters. The molecule has 0 aromatic heterocycles. The molecule has 2 rings (SSSR count). The number of alkyl halides is 6. The Bertz CT molecular complexity index is 696. The Morgan fingerprint density at radius 2 is 1.69 bits per heavy atom. The van der Waals surface area contributed by atoms with E-state index >= 15 is 0 Å². The van der Waals surface area contributed by atoms with E-state index in [1.807, 2.05) is 4.90 Å². The summed E-state index contributed by atoms with van der Waals surface area (Å²) >= 11 is 0. The van der Waals surface area contributed by atoms with Gasteiger partial charge in [-0.15, -0.1) is 0 Å². The van der Waals surface area contributed by atoms with Gasteiger partial charge in [0.05, 0.1) is 11.0 Å². The molecule has 0 amide bonds. The zero-order chi connectivity index (χ0) is 22.0. The van der Waals surface area contributed by atoms with Crippen LogP contribution < -0.4 is 0 Å². The Morgan fingerprint density at radius 3 is 2.17 bits per heavy atom. The molecule has 164 valence electrons. The van der Waals surface area contributed by atoms with Gasteiger partial charge in [0.15, 0.2) is 0 Å². The highest BCUT2D eigenvalue weighted by molar-refractivity contribution is 5.74. The lowest BCUT2D eigenvalue weighted by molar-refractivity contribution is -0.152. The van der Waals surface area contributed by atoms with Crippen molar-refractivity contribution in [3.63, 3.8) is 0 Å². The number of likely N-dealkylation sites (tertiary alicyclic amines) is 1. The molecular formula is C20H25F6NO2. The van der Waals surface area contributed by atoms with Crippen LogP contribution in [0.15, 0.2) is 24.3 Å². The maximum Gasteiger partial charge on any atom is 0.416 e. The van der Waals surface area contributed by atoms with Crippen molar-refractivity contribution in [1.82, 2.24) is 4.90 Å². The first kappa shape index (κ1) is 23.5. The number of nitrogens with zero attached hydrogens (tertiary/aromatic N) is 1. The third-order valence-electron chi connectivity index (χ3n) is 5.81. The van der Waals surface area contributed by atoms with Crippen molar-refractivity contribution in [3.05, 3.63) is 35.4 Å². The molecule has 1 N–H and O–H groups in total. The van der Waals surface area contributed by atoms with Crippen LogP contribution in [0, 0.1) is 11.3 Å². The van der Waals surface area contributed by atoms with Crippen LogP contribution in [0.1, 0.15) is 56.7 Å². The standard InChI is InChI=1S/C20H25F6NO2/c1-18(2,17(28)29)15-8-11-27(10-3-9-19(21,22)23)16(12-15)13-4-6-14(7-5-13)20(24,25)26/h4-7,15-16H,3,8-12H2,1-2H3,(H,28,29). The molecule has 0 radical (unpaired) electrons. The lowest BCUT2D eigenvalue weighted by atomic mass is 9.71. The van der Waals surface area contributed by atoms with Gasteiger partial charge in [-0.1, -0.05) is 12.1 Å². The van der Waals surface area contributed by atoms with E-state index in [2.05, 4.69) is 0 Å². The summed E-state index contributed by atoms with van der Waals surface area (Å²) in [6, 6.07) is 4.15. The molecular weight excluding hydrogens is 400 g/mol. The van der Waals surface area contributed by atoms with Crippen LogP contribution in [0.25, 0.3) is 0 Å². The number of hydrogen-bond acceptors (Lipinski definition) is 2. The predicted molar refractivity (Wildman–Crippen MR) is 95.2 cm³/mol. The van der Waals surface area contributed by atoms with Gasteiger partial charge in [0, 0.05) is 12.5 Å². The Labute approximate surface area is 165 Å². The first-order chi connectivity index (χ1) is 13.2. The van der Waals surface area contributed by atoms with Crippen molar-refractivity contribution in [2.75, 3.05) is 13.1 Å². The number of hydrogen-bond donors (Lipinski definition) is 1. The Morgan fingerprint density at radius 1 is 1.10 bits per heavy atom. The van der Waals surface area contributed by atoms with E-state index in [0.717, 1.165) is 12.1 Å². The molecule has 1 aliphatic heterocycles. The quantitative estimate of drug-likeness (QED) is 0.576. The normalized spacial score (nSPS) is 21.9. The SMILES string of the molecule is CC(C)(C(=O)O)C1CCN(CCCC(F)(F)F)C(c2ccc(C(F)(F)F)cc2)C1. The van der Waals surface area contributed by atoms with E-state index in [9.17, 15) is 36.2 Å². The van der Waals surface area contributed by atoms with E-state index in [0.29, 0.717) is 24.9 Å². The van der Waals surface area contributed by atoms with Gasteiger partial charge in [-0.25, -0.2) is 0 Å². The van der Waals surface area contributed by atoms with Crippen molar-refractivity contribution >= 4 is 5.97 Å². The molecule has 0 saturated carbocycles. The average Bonchev–Trinajstić information content (AvgIpc) is 2.60. The maximum absolute atomic E-state index is 12.8. The van der Waals surface area contributed by atoms with Crippen molar-refractivity contribution in [1.29, 1.82) is 0 Å². The molecule has 3 nitrogen and oxygen atoms in total. The van der Waals surface area contributed by atoms with E-state index in [4.69, 9.17) is 0 Å². The summed E-state index contributed by atoms with van der Waals surface area (Å²) in [7, 11) is 0. The average molecular weight is 425 g/mol. The van der Waals surface area contributed by atoms with Gasteiger partial charge in [0.25, 0.3) is 0 Å². The van der Waals surface area contributed by atoms with E-state index in [1.54, 1.807) is 13.8 Å². The predicted octanol–water partition coefficient (Wildman–Crippen LogP) is 5.91. The van der Waals surface area contributed by atoms with Crippen molar-refractivity contribution in [2.45, 2.75) is 57.9 Å². The number of piperidine rings is 1. The smallest absolute Gasteiger partial charge is 0.416 e. The second-order valence-electron chi connectivity index (χ2n) is 8.14. The summed E-state index contributed by atoms with van der Waals surface area (Å²) in [5.41, 5.74) is -1.29. The highest BCUT2D eigenvalue weighted by atomic mass is 19.4. The lowest BCUT2D eigenvalue weighted by Gasteiger charge is -2.44. The number of carboxylic acids is 1. The maximum atomic E-state index is 12.8. The summed E-state index contributed by atoms with van der Waals surface area (Å²) < 4.78 is 76.0. The molecule has 1 fully saturated rings. The van der Waals surface area contributed by atoms with Crippen LogP contribution in [-0.4, -0.2) is 35.2 Å². The number of benzene rings is 1. The van der Waals surface area contributed by atoms with Gasteiger partial charge in [-0.2, -0.15) is 26.3 Å².